The molecular weight excluding hydrogens is 470 g/mol. The molecule has 0 spiro atoms. The molecule has 0 aliphatic heterocycles. The highest BCUT2D eigenvalue weighted by atomic mass is 14.7. The maximum Gasteiger partial charge on any atom is 0.0922 e. The quantitative estimate of drug-likeness (QED) is 0.226. The van der Waals surface area contributed by atoms with Gasteiger partial charge in [-0.2, -0.15) is 0 Å². The van der Waals surface area contributed by atoms with Crippen LogP contribution < -0.4 is 5.73 Å². The van der Waals surface area contributed by atoms with Gasteiger partial charge in [0, 0.05) is 5.92 Å². The van der Waals surface area contributed by atoms with E-state index in [1.54, 1.807) is 0 Å². The highest BCUT2D eigenvalue weighted by Gasteiger charge is 2.31. The maximum absolute atomic E-state index is 6.86. The fourth-order valence-corrected chi connectivity index (χ4v) is 5.12. The van der Waals surface area contributed by atoms with Gasteiger partial charge in [-0.05, 0) is 33.4 Å². The van der Waals surface area contributed by atoms with Gasteiger partial charge in [-0.3, -0.25) is 0 Å². The van der Waals surface area contributed by atoms with Crippen molar-refractivity contribution in [2.45, 2.75) is 11.5 Å². The minimum absolute atomic E-state index is 0.309. The normalized spacial score (nSPS) is 10.9. The minimum atomic E-state index is -0.621. The standard InChI is InChI=1S/C19H17N.C19H16/c20-19(16-10-4-1-5-11-16,17-12-6-2-7-13-17)18-14-8-3-9-15-18;1-4-10-16(11-5-1)19(17-12-6-2-7-13-17)18-14-8-3-9-15-18/h1-15H,20H2;1-15,19H. The van der Waals surface area contributed by atoms with Gasteiger partial charge >= 0.3 is 0 Å². The Balaban J connectivity index is 0.000000158. The fraction of sp³-hybridized carbons (Fsp3) is 0.0526. The van der Waals surface area contributed by atoms with Crippen molar-refractivity contribution in [3.05, 3.63) is 215 Å². The van der Waals surface area contributed by atoms with E-state index in [1.165, 1.54) is 16.7 Å². The van der Waals surface area contributed by atoms with Crippen LogP contribution in [0.4, 0.5) is 0 Å². The molecule has 0 saturated carbocycles. The van der Waals surface area contributed by atoms with Gasteiger partial charge < -0.3 is 5.73 Å². The van der Waals surface area contributed by atoms with Crippen molar-refractivity contribution in [3.8, 4) is 0 Å². The maximum atomic E-state index is 6.86. The summed E-state index contributed by atoms with van der Waals surface area (Å²) in [6, 6.07) is 62.7. The highest BCUT2D eigenvalue weighted by Crippen LogP contribution is 2.34. The third kappa shape index (κ3) is 6.06. The van der Waals surface area contributed by atoms with Gasteiger partial charge in [0.2, 0.25) is 0 Å². The largest absolute Gasteiger partial charge is 0.314 e. The Morgan fingerprint density at radius 1 is 0.308 bits per heavy atom. The fourth-order valence-electron chi connectivity index (χ4n) is 5.12. The molecule has 0 heterocycles. The van der Waals surface area contributed by atoms with Crippen LogP contribution in [-0.2, 0) is 5.54 Å². The van der Waals surface area contributed by atoms with E-state index in [-0.39, 0.29) is 0 Å². The lowest BCUT2D eigenvalue weighted by atomic mass is 9.78. The average molecular weight is 504 g/mol. The molecule has 0 unspecified atom stereocenters. The zero-order chi connectivity index (χ0) is 26.8. The number of hydrogen-bond acceptors (Lipinski definition) is 1. The predicted octanol–water partition coefficient (Wildman–Crippen LogP) is 8.80. The molecule has 0 fully saturated rings. The summed E-state index contributed by atoms with van der Waals surface area (Å²) in [6.07, 6.45) is 0. The van der Waals surface area contributed by atoms with Gasteiger partial charge in [-0.25, -0.2) is 0 Å². The molecule has 0 bridgehead atoms. The molecule has 6 rings (SSSR count). The summed E-state index contributed by atoms with van der Waals surface area (Å²) in [6.45, 7) is 0. The second-order valence-corrected chi connectivity index (χ2v) is 9.57. The van der Waals surface area contributed by atoms with E-state index in [0.29, 0.717) is 5.92 Å². The summed E-state index contributed by atoms with van der Waals surface area (Å²) < 4.78 is 0. The van der Waals surface area contributed by atoms with Crippen LogP contribution in [0.2, 0.25) is 0 Å². The van der Waals surface area contributed by atoms with E-state index in [1.807, 2.05) is 54.6 Å². The van der Waals surface area contributed by atoms with Gasteiger partial charge in [0.05, 0.1) is 5.54 Å². The SMILES string of the molecule is NC(c1ccccc1)(c1ccccc1)c1ccccc1.c1ccc(C(c2ccccc2)c2ccccc2)cc1. The molecule has 1 heteroatoms. The van der Waals surface area contributed by atoms with Crippen molar-refractivity contribution in [2.24, 2.45) is 5.73 Å². The first-order chi connectivity index (χ1) is 19.3. The molecule has 0 aliphatic carbocycles. The summed E-state index contributed by atoms with van der Waals surface area (Å²) in [7, 11) is 0. The Kier molecular flexibility index (Phi) is 8.43. The van der Waals surface area contributed by atoms with Gasteiger partial charge in [0.25, 0.3) is 0 Å². The van der Waals surface area contributed by atoms with Crippen LogP contribution in [0.3, 0.4) is 0 Å². The zero-order valence-corrected chi connectivity index (χ0v) is 22.0. The Labute approximate surface area is 232 Å². The van der Waals surface area contributed by atoms with Crippen LogP contribution in [0, 0.1) is 0 Å². The molecule has 39 heavy (non-hydrogen) atoms. The van der Waals surface area contributed by atoms with Crippen molar-refractivity contribution in [2.75, 3.05) is 0 Å². The number of hydrogen-bond donors (Lipinski definition) is 1. The van der Waals surface area contributed by atoms with Gasteiger partial charge in [0.15, 0.2) is 0 Å². The van der Waals surface area contributed by atoms with E-state index in [9.17, 15) is 0 Å². The molecule has 0 aliphatic rings. The van der Waals surface area contributed by atoms with Crippen LogP contribution in [0.1, 0.15) is 39.3 Å². The molecule has 2 N–H and O–H groups in total. The first-order valence-electron chi connectivity index (χ1n) is 13.4. The third-order valence-electron chi connectivity index (χ3n) is 7.09. The molecule has 6 aromatic carbocycles. The second-order valence-electron chi connectivity index (χ2n) is 9.57. The van der Waals surface area contributed by atoms with E-state index in [2.05, 4.69) is 127 Å². The van der Waals surface area contributed by atoms with Crippen molar-refractivity contribution < 1.29 is 0 Å². The van der Waals surface area contributed by atoms with E-state index in [4.69, 9.17) is 5.73 Å². The Morgan fingerprint density at radius 3 is 0.744 bits per heavy atom. The van der Waals surface area contributed by atoms with Gasteiger partial charge in [0.1, 0.15) is 0 Å². The monoisotopic (exact) mass is 503 g/mol. The Hall–Kier alpha value is -4.72. The summed E-state index contributed by atoms with van der Waals surface area (Å²) in [5.74, 6) is 0.309. The molecule has 0 aromatic heterocycles. The molecule has 0 saturated heterocycles. The lowest BCUT2D eigenvalue weighted by molar-refractivity contribution is 0.653. The van der Waals surface area contributed by atoms with E-state index in [0.717, 1.165) is 16.7 Å². The Bertz CT molecular complexity index is 1330. The summed E-state index contributed by atoms with van der Waals surface area (Å²) in [5.41, 5.74) is 13.5. The second kappa shape index (κ2) is 12.7. The first-order valence-corrected chi connectivity index (χ1v) is 13.4. The van der Waals surface area contributed by atoms with E-state index < -0.39 is 5.54 Å². The summed E-state index contributed by atoms with van der Waals surface area (Å²) in [4.78, 5) is 0. The van der Waals surface area contributed by atoms with Crippen LogP contribution in [0.5, 0.6) is 0 Å². The Morgan fingerprint density at radius 2 is 0.513 bits per heavy atom. The third-order valence-corrected chi connectivity index (χ3v) is 7.09. The molecular formula is C38H33N. The predicted molar refractivity (Wildman–Crippen MR) is 164 cm³/mol. The molecule has 190 valence electrons. The smallest absolute Gasteiger partial charge is 0.0922 e. The number of nitrogens with two attached hydrogens (primary N) is 1. The summed E-state index contributed by atoms with van der Waals surface area (Å²) >= 11 is 0. The minimum Gasteiger partial charge on any atom is -0.314 e. The average Bonchev–Trinajstić information content (AvgIpc) is 3.04. The van der Waals surface area contributed by atoms with Crippen LogP contribution in [0.15, 0.2) is 182 Å². The first kappa shape index (κ1) is 25.9. The lowest BCUT2D eigenvalue weighted by Gasteiger charge is -2.31. The van der Waals surface area contributed by atoms with Gasteiger partial charge in [-0.15, -0.1) is 0 Å². The lowest BCUT2D eigenvalue weighted by Crippen LogP contribution is -2.39. The number of benzene rings is 6. The molecule has 6 aromatic rings. The zero-order valence-electron chi connectivity index (χ0n) is 22.0. The van der Waals surface area contributed by atoms with Crippen molar-refractivity contribution in [1.29, 1.82) is 0 Å². The molecule has 0 radical (unpaired) electrons. The van der Waals surface area contributed by atoms with Crippen LogP contribution in [-0.4, -0.2) is 0 Å². The molecule has 0 amide bonds. The van der Waals surface area contributed by atoms with Gasteiger partial charge in [-0.1, -0.05) is 182 Å². The molecule has 0 atom stereocenters. The van der Waals surface area contributed by atoms with Crippen molar-refractivity contribution in [1.82, 2.24) is 0 Å². The summed E-state index contributed by atoms with van der Waals surface area (Å²) in [5, 5.41) is 0. The van der Waals surface area contributed by atoms with Crippen molar-refractivity contribution in [3.63, 3.8) is 0 Å². The van der Waals surface area contributed by atoms with Crippen LogP contribution >= 0.6 is 0 Å². The number of rotatable bonds is 6. The molecule has 1 nitrogen and oxygen atoms in total. The van der Waals surface area contributed by atoms with Crippen molar-refractivity contribution >= 4 is 0 Å². The topological polar surface area (TPSA) is 26.0 Å². The van der Waals surface area contributed by atoms with E-state index >= 15 is 0 Å². The van der Waals surface area contributed by atoms with Crippen LogP contribution in [0.25, 0.3) is 0 Å². The highest BCUT2D eigenvalue weighted by molar-refractivity contribution is 5.48.